The molecule has 0 saturated heterocycles. The van der Waals surface area contributed by atoms with Crippen LogP contribution in [0.15, 0.2) is 30.3 Å². The lowest BCUT2D eigenvalue weighted by molar-refractivity contribution is 0.0944. The van der Waals surface area contributed by atoms with Gasteiger partial charge >= 0.3 is 0 Å². The first-order chi connectivity index (χ1) is 9.15. The third-order valence-corrected chi connectivity index (χ3v) is 3.23. The molecule has 0 aliphatic carbocycles. The first kappa shape index (κ1) is 13.8. The number of ether oxygens (including phenoxy) is 1. The van der Waals surface area contributed by atoms with Gasteiger partial charge in [-0.2, -0.15) is 0 Å². The summed E-state index contributed by atoms with van der Waals surface area (Å²) in [7, 11) is 0. The monoisotopic (exact) mass is 260 g/mol. The molecule has 3 N–H and O–H groups in total. The molecule has 0 aliphatic rings. The summed E-state index contributed by atoms with van der Waals surface area (Å²) in [6, 6.07) is 9.55. The number of aliphatic hydroxyl groups is 1. The Balaban J connectivity index is 2.36. The van der Waals surface area contributed by atoms with Gasteiger partial charge in [-0.15, -0.1) is 0 Å². The summed E-state index contributed by atoms with van der Waals surface area (Å²) in [5, 5.41) is 10.4. The summed E-state index contributed by atoms with van der Waals surface area (Å²) in [4.78, 5) is 4.50. The van der Waals surface area contributed by atoms with E-state index < -0.39 is 6.10 Å². The van der Waals surface area contributed by atoms with Crippen molar-refractivity contribution in [2.24, 2.45) is 5.73 Å². The number of aryl methyl sites for hydroxylation is 1. The van der Waals surface area contributed by atoms with Crippen LogP contribution in [0.5, 0.6) is 5.75 Å². The number of rotatable bonds is 5. The third-order valence-electron chi connectivity index (χ3n) is 3.23. The average Bonchev–Trinajstić information content (AvgIpc) is 2.44. The zero-order valence-corrected chi connectivity index (χ0v) is 11.3. The van der Waals surface area contributed by atoms with E-state index >= 15 is 0 Å². The first-order valence-electron chi connectivity index (χ1n) is 6.55. The molecule has 0 radical (unpaired) electrons. The molecule has 0 saturated carbocycles. The molecule has 4 heteroatoms. The van der Waals surface area contributed by atoms with Crippen LogP contribution in [-0.4, -0.2) is 28.8 Å². The van der Waals surface area contributed by atoms with Gasteiger partial charge in [-0.3, -0.25) is 0 Å². The van der Waals surface area contributed by atoms with E-state index in [0.29, 0.717) is 5.75 Å². The lowest BCUT2D eigenvalue weighted by atomic mass is 10.1. The molecular formula is C15H20N2O2. The molecule has 2 atom stereocenters. The SMILES string of the molecule is CCC(N)C(CO)Oc1cccc2ccc(C)nc12. The number of benzene rings is 1. The predicted molar refractivity (Wildman–Crippen MR) is 76.2 cm³/mol. The fourth-order valence-electron chi connectivity index (χ4n) is 2.00. The Bertz CT molecular complexity index is 557. The number of nitrogens with two attached hydrogens (primary N) is 1. The van der Waals surface area contributed by atoms with Gasteiger partial charge in [0.25, 0.3) is 0 Å². The van der Waals surface area contributed by atoms with E-state index in [2.05, 4.69) is 4.98 Å². The lowest BCUT2D eigenvalue weighted by Crippen LogP contribution is -2.41. The minimum Gasteiger partial charge on any atom is -0.484 e. The number of hydrogen-bond donors (Lipinski definition) is 2. The van der Waals surface area contributed by atoms with Crippen LogP contribution in [-0.2, 0) is 0 Å². The van der Waals surface area contributed by atoms with Crippen LogP contribution in [0.4, 0.5) is 0 Å². The van der Waals surface area contributed by atoms with Gasteiger partial charge in [0.05, 0.1) is 6.61 Å². The highest BCUT2D eigenvalue weighted by atomic mass is 16.5. The van der Waals surface area contributed by atoms with Gasteiger partial charge in [-0.05, 0) is 25.5 Å². The van der Waals surface area contributed by atoms with Crippen LogP contribution < -0.4 is 10.5 Å². The highest BCUT2D eigenvalue weighted by Crippen LogP contribution is 2.25. The Morgan fingerprint density at radius 3 is 2.79 bits per heavy atom. The minimum absolute atomic E-state index is 0.1000. The standard InChI is InChI=1S/C15H20N2O2/c1-3-12(16)14(9-18)19-13-6-4-5-11-8-7-10(2)17-15(11)13/h4-8,12,14,18H,3,9,16H2,1-2H3. The molecule has 0 fully saturated rings. The first-order valence-corrected chi connectivity index (χ1v) is 6.55. The van der Waals surface area contributed by atoms with E-state index in [9.17, 15) is 5.11 Å². The van der Waals surface area contributed by atoms with E-state index in [-0.39, 0.29) is 12.6 Å². The molecule has 0 bridgehead atoms. The number of hydrogen-bond acceptors (Lipinski definition) is 4. The summed E-state index contributed by atoms with van der Waals surface area (Å²) in [6.07, 6.45) is 0.348. The van der Waals surface area contributed by atoms with E-state index in [4.69, 9.17) is 10.5 Å². The number of fused-ring (bicyclic) bond motifs is 1. The second kappa shape index (κ2) is 5.99. The van der Waals surface area contributed by atoms with Crippen LogP contribution in [0.1, 0.15) is 19.0 Å². The molecule has 0 aliphatic heterocycles. The molecule has 102 valence electrons. The van der Waals surface area contributed by atoms with E-state index in [0.717, 1.165) is 23.0 Å². The van der Waals surface area contributed by atoms with Crippen molar-refractivity contribution >= 4 is 10.9 Å². The summed E-state index contributed by atoms with van der Waals surface area (Å²) in [5.41, 5.74) is 7.69. The maximum absolute atomic E-state index is 9.39. The zero-order chi connectivity index (χ0) is 13.8. The summed E-state index contributed by atoms with van der Waals surface area (Å²) >= 11 is 0. The van der Waals surface area contributed by atoms with Gasteiger partial charge in [0.15, 0.2) is 0 Å². The summed E-state index contributed by atoms with van der Waals surface area (Å²) in [5.74, 6) is 0.671. The van der Waals surface area contributed by atoms with Crippen LogP contribution in [0.25, 0.3) is 10.9 Å². The molecule has 2 aromatic rings. The smallest absolute Gasteiger partial charge is 0.146 e. The van der Waals surface area contributed by atoms with Crippen molar-refractivity contribution in [2.45, 2.75) is 32.4 Å². The van der Waals surface area contributed by atoms with Gasteiger partial charge in [-0.1, -0.05) is 25.1 Å². The fraction of sp³-hybridized carbons (Fsp3) is 0.400. The highest BCUT2D eigenvalue weighted by Gasteiger charge is 2.18. The number of para-hydroxylation sites is 1. The van der Waals surface area contributed by atoms with Gasteiger partial charge in [-0.25, -0.2) is 4.98 Å². The molecule has 0 amide bonds. The molecule has 0 spiro atoms. The van der Waals surface area contributed by atoms with E-state index in [1.54, 1.807) is 0 Å². The van der Waals surface area contributed by atoms with Crippen molar-refractivity contribution in [3.63, 3.8) is 0 Å². The van der Waals surface area contributed by atoms with Crippen molar-refractivity contribution in [3.8, 4) is 5.75 Å². The number of pyridine rings is 1. The third kappa shape index (κ3) is 3.03. The maximum atomic E-state index is 9.39. The van der Waals surface area contributed by atoms with Crippen LogP contribution in [0, 0.1) is 6.92 Å². The number of nitrogens with zero attached hydrogens (tertiary/aromatic N) is 1. The Hall–Kier alpha value is -1.65. The van der Waals surface area contributed by atoms with Crippen LogP contribution >= 0.6 is 0 Å². The van der Waals surface area contributed by atoms with Gasteiger partial charge in [0.2, 0.25) is 0 Å². The summed E-state index contributed by atoms with van der Waals surface area (Å²) < 4.78 is 5.85. The van der Waals surface area contributed by atoms with Gasteiger partial charge < -0.3 is 15.6 Å². The van der Waals surface area contributed by atoms with Gasteiger partial charge in [0.1, 0.15) is 17.4 Å². The largest absolute Gasteiger partial charge is 0.484 e. The van der Waals surface area contributed by atoms with Gasteiger partial charge in [0, 0.05) is 17.1 Å². The molecule has 1 aromatic heterocycles. The molecule has 2 rings (SSSR count). The maximum Gasteiger partial charge on any atom is 0.146 e. The summed E-state index contributed by atoms with van der Waals surface area (Å²) in [6.45, 7) is 3.82. The molecular weight excluding hydrogens is 240 g/mol. The molecule has 4 nitrogen and oxygen atoms in total. The quantitative estimate of drug-likeness (QED) is 0.863. The van der Waals surface area contributed by atoms with Crippen molar-refractivity contribution in [2.75, 3.05) is 6.61 Å². The van der Waals surface area contributed by atoms with Crippen LogP contribution in [0.3, 0.4) is 0 Å². The number of aliphatic hydroxyl groups excluding tert-OH is 1. The molecule has 19 heavy (non-hydrogen) atoms. The highest BCUT2D eigenvalue weighted by molar-refractivity contribution is 5.84. The van der Waals surface area contributed by atoms with E-state index in [1.165, 1.54) is 0 Å². The lowest BCUT2D eigenvalue weighted by Gasteiger charge is -2.22. The molecule has 2 unspecified atom stereocenters. The van der Waals surface area contributed by atoms with Crippen molar-refractivity contribution in [1.82, 2.24) is 4.98 Å². The Morgan fingerprint density at radius 1 is 1.32 bits per heavy atom. The van der Waals surface area contributed by atoms with Crippen LogP contribution in [0.2, 0.25) is 0 Å². The van der Waals surface area contributed by atoms with Crippen molar-refractivity contribution in [3.05, 3.63) is 36.0 Å². The average molecular weight is 260 g/mol. The second-order valence-corrected chi connectivity index (χ2v) is 4.69. The molecule has 1 heterocycles. The Labute approximate surface area is 113 Å². The topological polar surface area (TPSA) is 68.4 Å². The Kier molecular flexibility index (Phi) is 4.35. The fourth-order valence-corrected chi connectivity index (χ4v) is 2.00. The van der Waals surface area contributed by atoms with E-state index in [1.807, 2.05) is 44.2 Å². The van der Waals surface area contributed by atoms with Crippen molar-refractivity contribution < 1.29 is 9.84 Å². The minimum atomic E-state index is -0.405. The normalized spacial score (nSPS) is 14.3. The molecule has 1 aromatic carbocycles. The number of aromatic nitrogens is 1. The zero-order valence-electron chi connectivity index (χ0n) is 11.3. The van der Waals surface area contributed by atoms with Crippen molar-refractivity contribution in [1.29, 1.82) is 0 Å². The Morgan fingerprint density at radius 2 is 2.11 bits per heavy atom. The predicted octanol–water partition coefficient (Wildman–Crippen LogP) is 2.02. The second-order valence-electron chi connectivity index (χ2n) is 4.69.